The molecule has 3 nitrogen and oxygen atoms in total. The summed E-state index contributed by atoms with van der Waals surface area (Å²) in [4.78, 5) is 10.4. The molecule has 56 valence electrons. The summed E-state index contributed by atoms with van der Waals surface area (Å²) in [5, 5.41) is 0. The van der Waals surface area contributed by atoms with Gasteiger partial charge in [-0.2, -0.15) is 0 Å². The summed E-state index contributed by atoms with van der Waals surface area (Å²) in [6, 6.07) is 0. The van der Waals surface area contributed by atoms with E-state index in [1.165, 1.54) is 0 Å². The Kier molecular flexibility index (Phi) is 5.14. The van der Waals surface area contributed by atoms with Gasteiger partial charge in [-0.3, -0.25) is 0 Å². The summed E-state index contributed by atoms with van der Waals surface area (Å²) in [5.74, 6) is 0. The Balaban J connectivity index is 3.30. The number of rotatable bonds is 3. The van der Waals surface area contributed by atoms with Crippen molar-refractivity contribution in [2.45, 2.75) is 6.92 Å². The number of ether oxygens (including phenoxy) is 2. The summed E-state index contributed by atoms with van der Waals surface area (Å²) in [7, 11) is 0. The Morgan fingerprint density at radius 2 is 2.40 bits per heavy atom. The van der Waals surface area contributed by atoms with Crippen LogP contribution in [0.25, 0.3) is 0 Å². The molecule has 0 spiro atoms. The third-order valence-corrected chi connectivity index (χ3v) is 0.713. The van der Waals surface area contributed by atoms with Crippen molar-refractivity contribution in [1.29, 1.82) is 0 Å². The molecule has 0 radical (unpaired) electrons. The fraction of sp³-hybridized carbons (Fsp3) is 0.286. The van der Waals surface area contributed by atoms with Gasteiger partial charge in [0, 0.05) is 0 Å². The fourth-order valence-corrected chi connectivity index (χ4v) is 0.314. The molecule has 0 heterocycles. The van der Waals surface area contributed by atoms with Gasteiger partial charge in [-0.1, -0.05) is 18.7 Å². The first-order valence-corrected chi connectivity index (χ1v) is 2.86. The van der Waals surface area contributed by atoms with Gasteiger partial charge in [0.15, 0.2) is 0 Å². The normalized spacial score (nSPS) is 9.30. The molecule has 0 unspecified atom stereocenters. The van der Waals surface area contributed by atoms with E-state index < -0.39 is 6.16 Å². The maximum atomic E-state index is 10.4. The molecule has 0 aliphatic rings. The van der Waals surface area contributed by atoms with Crippen molar-refractivity contribution in [1.82, 2.24) is 0 Å². The molecular formula is C7H10O3. The van der Waals surface area contributed by atoms with E-state index in [2.05, 4.69) is 16.1 Å². The summed E-state index contributed by atoms with van der Waals surface area (Å²) in [5.41, 5.74) is 0. The predicted molar refractivity (Wildman–Crippen MR) is 37.4 cm³/mol. The van der Waals surface area contributed by atoms with Crippen LogP contribution in [0, 0.1) is 0 Å². The Morgan fingerprint density at radius 3 is 2.90 bits per heavy atom. The standard InChI is InChI=1S/C7H10O3/c1-3-5-6-10-7(8)9-4-2/h3-5H,2,6H2,1H3/b5-3+. The third kappa shape index (κ3) is 4.90. The smallest absolute Gasteiger partial charge is 0.430 e. The van der Waals surface area contributed by atoms with Gasteiger partial charge >= 0.3 is 6.16 Å². The molecule has 0 atom stereocenters. The Labute approximate surface area is 59.9 Å². The Morgan fingerprint density at radius 1 is 1.70 bits per heavy atom. The molecule has 0 aliphatic heterocycles. The Bertz CT molecular complexity index is 138. The monoisotopic (exact) mass is 142 g/mol. The number of hydrogen-bond acceptors (Lipinski definition) is 3. The van der Waals surface area contributed by atoms with Crippen LogP contribution in [0.2, 0.25) is 0 Å². The average molecular weight is 142 g/mol. The highest BCUT2D eigenvalue weighted by molar-refractivity contribution is 5.60. The van der Waals surface area contributed by atoms with Crippen LogP contribution in [0.3, 0.4) is 0 Å². The molecule has 0 N–H and O–H groups in total. The van der Waals surface area contributed by atoms with Crippen LogP contribution in [-0.4, -0.2) is 12.8 Å². The first-order chi connectivity index (χ1) is 4.81. The fourth-order valence-electron chi connectivity index (χ4n) is 0.314. The predicted octanol–water partition coefficient (Wildman–Crippen LogP) is 1.86. The highest BCUT2D eigenvalue weighted by Gasteiger charge is 1.96. The Hall–Kier alpha value is -1.25. The van der Waals surface area contributed by atoms with Gasteiger partial charge in [-0.25, -0.2) is 4.79 Å². The first kappa shape index (κ1) is 8.75. The van der Waals surface area contributed by atoms with Gasteiger partial charge in [0.05, 0.1) is 6.26 Å². The van der Waals surface area contributed by atoms with Gasteiger partial charge < -0.3 is 9.47 Å². The molecule has 0 amide bonds. The van der Waals surface area contributed by atoms with Crippen molar-refractivity contribution < 1.29 is 14.3 Å². The lowest BCUT2D eigenvalue weighted by Gasteiger charge is -1.96. The number of hydrogen-bond donors (Lipinski definition) is 0. The van der Waals surface area contributed by atoms with Crippen molar-refractivity contribution in [2.75, 3.05) is 6.61 Å². The lowest BCUT2D eigenvalue weighted by molar-refractivity contribution is 0.0946. The van der Waals surface area contributed by atoms with E-state index in [-0.39, 0.29) is 6.61 Å². The SMILES string of the molecule is C=COC(=O)OC/C=C/C. The second-order valence-electron chi connectivity index (χ2n) is 1.41. The second-order valence-corrected chi connectivity index (χ2v) is 1.41. The highest BCUT2D eigenvalue weighted by Crippen LogP contribution is 1.85. The second kappa shape index (κ2) is 5.88. The molecule has 0 fully saturated rings. The number of allylic oxidation sites excluding steroid dienone is 1. The highest BCUT2D eigenvalue weighted by atomic mass is 16.7. The summed E-state index contributed by atoms with van der Waals surface area (Å²) in [6.07, 6.45) is 3.77. The van der Waals surface area contributed by atoms with Crippen molar-refractivity contribution in [2.24, 2.45) is 0 Å². The van der Waals surface area contributed by atoms with Crippen molar-refractivity contribution in [3.05, 3.63) is 25.0 Å². The van der Waals surface area contributed by atoms with E-state index in [4.69, 9.17) is 0 Å². The molecule has 10 heavy (non-hydrogen) atoms. The quantitative estimate of drug-likeness (QED) is 0.342. The molecular weight excluding hydrogens is 132 g/mol. The lowest BCUT2D eigenvalue weighted by atomic mass is 10.6. The third-order valence-electron chi connectivity index (χ3n) is 0.713. The summed E-state index contributed by atoms with van der Waals surface area (Å²) >= 11 is 0. The maximum absolute atomic E-state index is 10.4. The van der Waals surface area contributed by atoms with E-state index in [1.54, 1.807) is 12.2 Å². The van der Waals surface area contributed by atoms with Crippen LogP contribution in [-0.2, 0) is 9.47 Å². The van der Waals surface area contributed by atoms with Gasteiger partial charge in [-0.15, -0.1) is 0 Å². The molecule has 0 aromatic heterocycles. The molecule has 0 saturated carbocycles. The maximum Gasteiger partial charge on any atom is 0.513 e. The molecule has 3 heteroatoms. The molecule has 0 bridgehead atoms. The molecule has 0 saturated heterocycles. The number of carbonyl (C=O) groups excluding carboxylic acids is 1. The van der Waals surface area contributed by atoms with Crippen LogP contribution in [0.1, 0.15) is 6.92 Å². The van der Waals surface area contributed by atoms with E-state index in [0.29, 0.717) is 0 Å². The van der Waals surface area contributed by atoms with Crippen LogP contribution in [0.4, 0.5) is 4.79 Å². The minimum Gasteiger partial charge on any atom is -0.430 e. The van der Waals surface area contributed by atoms with E-state index >= 15 is 0 Å². The van der Waals surface area contributed by atoms with Gasteiger partial charge in [0.1, 0.15) is 6.61 Å². The lowest BCUT2D eigenvalue weighted by Crippen LogP contribution is -2.02. The van der Waals surface area contributed by atoms with E-state index in [1.807, 2.05) is 6.92 Å². The molecule has 0 rings (SSSR count). The summed E-state index contributed by atoms with van der Waals surface area (Å²) < 4.78 is 8.76. The van der Waals surface area contributed by atoms with Gasteiger partial charge in [-0.05, 0) is 6.92 Å². The zero-order valence-electron chi connectivity index (χ0n) is 5.87. The minimum atomic E-state index is -0.729. The van der Waals surface area contributed by atoms with E-state index in [9.17, 15) is 4.79 Å². The zero-order valence-corrected chi connectivity index (χ0v) is 5.87. The topological polar surface area (TPSA) is 35.5 Å². The largest absolute Gasteiger partial charge is 0.513 e. The van der Waals surface area contributed by atoms with Crippen LogP contribution in [0.5, 0.6) is 0 Å². The van der Waals surface area contributed by atoms with Crippen molar-refractivity contribution in [3.8, 4) is 0 Å². The minimum absolute atomic E-state index is 0.239. The van der Waals surface area contributed by atoms with Crippen LogP contribution < -0.4 is 0 Å². The van der Waals surface area contributed by atoms with Crippen molar-refractivity contribution in [3.63, 3.8) is 0 Å². The number of carbonyl (C=O) groups is 1. The molecule has 0 aliphatic carbocycles. The molecule has 0 aromatic rings. The zero-order chi connectivity index (χ0) is 7.82. The molecule has 0 aromatic carbocycles. The van der Waals surface area contributed by atoms with Crippen molar-refractivity contribution >= 4 is 6.16 Å². The van der Waals surface area contributed by atoms with Crippen LogP contribution in [0.15, 0.2) is 25.0 Å². The summed E-state index contributed by atoms with van der Waals surface area (Å²) in [6.45, 7) is 5.26. The van der Waals surface area contributed by atoms with Gasteiger partial charge in [0.25, 0.3) is 0 Å². The van der Waals surface area contributed by atoms with Crippen LogP contribution >= 0.6 is 0 Å². The van der Waals surface area contributed by atoms with E-state index in [0.717, 1.165) is 6.26 Å². The average Bonchev–Trinajstić information content (AvgIpc) is 1.89. The van der Waals surface area contributed by atoms with Gasteiger partial charge in [0.2, 0.25) is 0 Å². The first-order valence-electron chi connectivity index (χ1n) is 2.86.